The molecular weight excluding hydrogens is 132 g/mol. The Kier molecular flexibility index (Phi) is 6.65. The summed E-state index contributed by atoms with van der Waals surface area (Å²) < 4.78 is 5.00. The summed E-state index contributed by atoms with van der Waals surface area (Å²) in [7, 11) is 1.74. The van der Waals surface area contributed by atoms with Crippen LogP contribution in [-0.4, -0.2) is 19.5 Å². The first-order valence-corrected chi connectivity index (χ1v) is 4.08. The second-order valence-corrected chi connectivity index (χ2v) is 2.66. The molecule has 9 heavy (non-hydrogen) atoms. The predicted octanol–water partition coefficient (Wildman–Crippen LogP) is 1.98. The van der Waals surface area contributed by atoms with Gasteiger partial charge in [-0.25, -0.2) is 0 Å². The van der Waals surface area contributed by atoms with Gasteiger partial charge in [0.25, 0.3) is 0 Å². The summed E-state index contributed by atoms with van der Waals surface area (Å²) in [4.78, 5) is 0. The minimum Gasteiger partial charge on any atom is -0.384 e. The Bertz CT molecular complexity index is 50.9. The van der Waals surface area contributed by atoms with E-state index in [0.29, 0.717) is 5.92 Å². The molecule has 1 atom stereocenters. The molecule has 0 spiro atoms. The van der Waals surface area contributed by atoms with E-state index in [0.717, 1.165) is 12.4 Å². The Morgan fingerprint density at radius 1 is 1.56 bits per heavy atom. The minimum absolute atomic E-state index is 0.656. The van der Waals surface area contributed by atoms with Crippen LogP contribution in [0, 0.1) is 5.92 Å². The lowest BCUT2D eigenvalue weighted by Gasteiger charge is -2.10. The molecule has 0 bridgehead atoms. The highest BCUT2D eigenvalue weighted by Crippen LogP contribution is 2.07. The van der Waals surface area contributed by atoms with Gasteiger partial charge >= 0.3 is 0 Å². The van der Waals surface area contributed by atoms with Crippen LogP contribution in [-0.2, 0) is 4.74 Å². The largest absolute Gasteiger partial charge is 0.384 e. The second-order valence-electron chi connectivity index (χ2n) is 2.29. The average Bonchev–Trinajstić information content (AvgIpc) is 1.88. The van der Waals surface area contributed by atoms with Crippen molar-refractivity contribution in [3.8, 4) is 0 Å². The van der Waals surface area contributed by atoms with Gasteiger partial charge in [0, 0.05) is 13.7 Å². The molecule has 0 radical (unpaired) electrons. The summed E-state index contributed by atoms with van der Waals surface area (Å²) in [6.07, 6.45) is 2.46. The summed E-state index contributed by atoms with van der Waals surface area (Å²) in [5.41, 5.74) is 0. The zero-order chi connectivity index (χ0) is 7.11. The third-order valence-corrected chi connectivity index (χ3v) is 1.87. The van der Waals surface area contributed by atoms with Crippen LogP contribution in [0.1, 0.15) is 19.8 Å². The maximum absolute atomic E-state index is 5.00. The first-order chi connectivity index (χ1) is 4.35. The molecule has 0 heterocycles. The van der Waals surface area contributed by atoms with Crippen LogP contribution in [0.15, 0.2) is 0 Å². The van der Waals surface area contributed by atoms with E-state index in [1.165, 1.54) is 12.8 Å². The number of hydrogen-bond donors (Lipinski definition) is 1. The molecule has 0 aliphatic rings. The Labute approximate surface area is 63.2 Å². The normalized spacial score (nSPS) is 13.7. The maximum Gasteiger partial charge on any atom is 0.0498 e. The molecule has 0 aromatic heterocycles. The van der Waals surface area contributed by atoms with Crippen LogP contribution in [0.3, 0.4) is 0 Å². The van der Waals surface area contributed by atoms with Crippen molar-refractivity contribution in [1.82, 2.24) is 0 Å². The molecule has 0 aromatic carbocycles. The van der Waals surface area contributed by atoms with E-state index in [2.05, 4.69) is 19.6 Å². The maximum atomic E-state index is 5.00. The third-order valence-electron chi connectivity index (χ3n) is 1.36. The van der Waals surface area contributed by atoms with Gasteiger partial charge in [-0.2, -0.15) is 12.6 Å². The fraction of sp³-hybridized carbons (Fsp3) is 1.00. The Hall–Kier alpha value is 0.310. The number of hydrogen-bond acceptors (Lipinski definition) is 2. The number of ether oxygens (including phenoxy) is 1. The highest BCUT2D eigenvalue weighted by Gasteiger charge is 2.02. The van der Waals surface area contributed by atoms with Gasteiger partial charge in [0.05, 0.1) is 0 Å². The van der Waals surface area contributed by atoms with Crippen LogP contribution < -0.4 is 0 Å². The van der Waals surface area contributed by atoms with E-state index in [4.69, 9.17) is 4.74 Å². The van der Waals surface area contributed by atoms with E-state index in [-0.39, 0.29) is 0 Å². The van der Waals surface area contributed by atoms with E-state index in [1.54, 1.807) is 7.11 Å². The van der Waals surface area contributed by atoms with Gasteiger partial charge in [-0.3, -0.25) is 0 Å². The van der Waals surface area contributed by atoms with Gasteiger partial charge in [-0.1, -0.05) is 13.3 Å². The van der Waals surface area contributed by atoms with Crippen molar-refractivity contribution in [2.45, 2.75) is 19.8 Å². The van der Waals surface area contributed by atoms with Crippen LogP contribution in [0.4, 0.5) is 0 Å². The standard InChI is InChI=1S/C7H16OS/c1-3-4-7(6-9)5-8-2/h7,9H,3-6H2,1-2H3. The average molecular weight is 148 g/mol. The fourth-order valence-corrected chi connectivity index (χ4v) is 1.16. The Balaban J connectivity index is 3.18. The van der Waals surface area contributed by atoms with Gasteiger partial charge in [-0.15, -0.1) is 0 Å². The lowest BCUT2D eigenvalue weighted by Crippen LogP contribution is -2.08. The molecule has 0 aliphatic carbocycles. The quantitative estimate of drug-likeness (QED) is 0.586. The summed E-state index contributed by atoms with van der Waals surface area (Å²) >= 11 is 4.20. The molecular formula is C7H16OS. The molecule has 56 valence electrons. The number of rotatable bonds is 5. The van der Waals surface area contributed by atoms with E-state index >= 15 is 0 Å². The van der Waals surface area contributed by atoms with Crippen molar-refractivity contribution < 1.29 is 4.74 Å². The van der Waals surface area contributed by atoms with Gasteiger partial charge in [-0.05, 0) is 18.1 Å². The monoisotopic (exact) mass is 148 g/mol. The van der Waals surface area contributed by atoms with Crippen LogP contribution >= 0.6 is 12.6 Å². The predicted molar refractivity (Wildman–Crippen MR) is 44.1 cm³/mol. The van der Waals surface area contributed by atoms with Crippen molar-refractivity contribution in [2.24, 2.45) is 5.92 Å². The molecule has 1 unspecified atom stereocenters. The number of methoxy groups -OCH3 is 1. The summed E-state index contributed by atoms with van der Waals surface area (Å²) in [5.74, 6) is 1.60. The van der Waals surface area contributed by atoms with E-state index in [9.17, 15) is 0 Å². The van der Waals surface area contributed by atoms with Crippen molar-refractivity contribution >= 4 is 12.6 Å². The third kappa shape index (κ3) is 4.79. The summed E-state index contributed by atoms with van der Waals surface area (Å²) in [6.45, 7) is 3.05. The van der Waals surface area contributed by atoms with Gasteiger partial charge in [0.2, 0.25) is 0 Å². The van der Waals surface area contributed by atoms with Crippen LogP contribution in [0.25, 0.3) is 0 Å². The van der Waals surface area contributed by atoms with Gasteiger partial charge in [0.15, 0.2) is 0 Å². The van der Waals surface area contributed by atoms with E-state index in [1.807, 2.05) is 0 Å². The fourth-order valence-electron chi connectivity index (χ4n) is 0.871. The van der Waals surface area contributed by atoms with Gasteiger partial charge in [0.1, 0.15) is 0 Å². The topological polar surface area (TPSA) is 9.23 Å². The van der Waals surface area contributed by atoms with Crippen molar-refractivity contribution in [1.29, 1.82) is 0 Å². The van der Waals surface area contributed by atoms with Crippen molar-refractivity contribution in [3.63, 3.8) is 0 Å². The minimum atomic E-state index is 0.656. The first-order valence-electron chi connectivity index (χ1n) is 3.45. The SMILES string of the molecule is CCCC(CS)COC. The molecule has 0 amide bonds. The van der Waals surface area contributed by atoms with Crippen LogP contribution in [0.2, 0.25) is 0 Å². The van der Waals surface area contributed by atoms with E-state index < -0.39 is 0 Å². The Morgan fingerprint density at radius 3 is 2.56 bits per heavy atom. The molecule has 0 rings (SSSR count). The Morgan fingerprint density at radius 2 is 2.22 bits per heavy atom. The molecule has 0 aromatic rings. The highest BCUT2D eigenvalue weighted by atomic mass is 32.1. The van der Waals surface area contributed by atoms with Crippen molar-refractivity contribution in [2.75, 3.05) is 19.5 Å². The molecule has 1 nitrogen and oxygen atoms in total. The molecule has 0 aliphatic heterocycles. The molecule has 0 saturated carbocycles. The molecule has 0 saturated heterocycles. The number of thiol groups is 1. The lowest BCUT2D eigenvalue weighted by molar-refractivity contribution is 0.157. The zero-order valence-electron chi connectivity index (χ0n) is 6.26. The molecule has 2 heteroatoms. The molecule has 0 fully saturated rings. The van der Waals surface area contributed by atoms with Gasteiger partial charge < -0.3 is 4.74 Å². The highest BCUT2D eigenvalue weighted by molar-refractivity contribution is 7.80. The zero-order valence-corrected chi connectivity index (χ0v) is 7.16. The van der Waals surface area contributed by atoms with Crippen molar-refractivity contribution in [3.05, 3.63) is 0 Å². The van der Waals surface area contributed by atoms with Crippen LogP contribution in [0.5, 0.6) is 0 Å². The smallest absolute Gasteiger partial charge is 0.0498 e. The first kappa shape index (κ1) is 9.31. The lowest BCUT2D eigenvalue weighted by atomic mass is 10.1. The second kappa shape index (κ2) is 6.43. The summed E-state index contributed by atoms with van der Waals surface area (Å²) in [5, 5.41) is 0. The summed E-state index contributed by atoms with van der Waals surface area (Å²) in [6, 6.07) is 0. The molecule has 0 N–H and O–H groups in total.